The SMILES string of the molecule is COc1cc(C=Nn2c(-c3cc4cc(Cl)ccc4o3)nc3ccccc3c2=O)c(Br)cc1OCC(=O)Nc1ccccc1F. The molecule has 0 saturated carbocycles. The summed E-state index contributed by atoms with van der Waals surface area (Å²) in [6.45, 7) is -0.394. The summed E-state index contributed by atoms with van der Waals surface area (Å²) in [4.78, 5) is 30.7. The molecule has 44 heavy (non-hydrogen) atoms. The van der Waals surface area contributed by atoms with Crippen LogP contribution < -0.4 is 20.3 Å². The minimum Gasteiger partial charge on any atom is -0.493 e. The first-order valence-corrected chi connectivity index (χ1v) is 14.3. The number of aromatic nitrogens is 2. The number of carbonyl (C=O) groups is 1. The summed E-state index contributed by atoms with van der Waals surface area (Å²) in [6.07, 6.45) is 1.46. The van der Waals surface area contributed by atoms with Crippen molar-refractivity contribution in [3.05, 3.63) is 116 Å². The summed E-state index contributed by atoms with van der Waals surface area (Å²) in [6, 6.07) is 23.0. The van der Waals surface area contributed by atoms with Gasteiger partial charge in [-0.2, -0.15) is 9.78 Å². The van der Waals surface area contributed by atoms with E-state index in [9.17, 15) is 14.0 Å². The van der Waals surface area contributed by atoms with Crippen molar-refractivity contribution < 1.29 is 23.1 Å². The highest BCUT2D eigenvalue weighted by Gasteiger charge is 2.18. The van der Waals surface area contributed by atoms with E-state index in [4.69, 9.17) is 25.5 Å². The number of rotatable bonds is 8. The second-order valence-corrected chi connectivity index (χ2v) is 10.7. The van der Waals surface area contributed by atoms with Crippen LogP contribution in [0.2, 0.25) is 5.02 Å². The zero-order chi connectivity index (χ0) is 30.8. The predicted molar refractivity (Wildman–Crippen MR) is 170 cm³/mol. The molecule has 0 aliphatic heterocycles. The van der Waals surface area contributed by atoms with Crippen LogP contribution in [0.25, 0.3) is 33.5 Å². The molecule has 0 aliphatic carbocycles. The molecule has 0 spiro atoms. The number of methoxy groups -OCH3 is 1. The number of nitrogens with zero attached hydrogens (tertiary/aromatic N) is 3. The second kappa shape index (κ2) is 12.3. The van der Waals surface area contributed by atoms with E-state index in [1.54, 1.807) is 66.7 Å². The van der Waals surface area contributed by atoms with Crippen LogP contribution in [0.3, 0.4) is 0 Å². The van der Waals surface area contributed by atoms with Crippen molar-refractivity contribution in [1.29, 1.82) is 0 Å². The number of para-hydroxylation sites is 2. The van der Waals surface area contributed by atoms with E-state index in [1.165, 1.54) is 31.5 Å². The minimum absolute atomic E-state index is 0.0463. The van der Waals surface area contributed by atoms with Crippen LogP contribution in [-0.2, 0) is 4.79 Å². The highest BCUT2D eigenvalue weighted by molar-refractivity contribution is 9.10. The Morgan fingerprint density at radius 2 is 1.89 bits per heavy atom. The number of halogens is 3. The first kappa shape index (κ1) is 29.1. The normalized spacial score (nSPS) is 11.4. The summed E-state index contributed by atoms with van der Waals surface area (Å²) < 4.78 is 32.7. The molecule has 2 aromatic heterocycles. The molecular formula is C32H21BrClFN4O5. The number of benzene rings is 4. The highest BCUT2D eigenvalue weighted by Crippen LogP contribution is 2.33. The largest absolute Gasteiger partial charge is 0.493 e. The van der Waals surface area contributed by atoms with Gasteiger partial charge in [-0.1, -0.05) is 35.9 Å². The molecule has 4 aromatic carbocycles. The number of anilines is 1. The lowest BCUT2D eigenvalue weighted by atomic mass is 10.2. The fourth-order valence-electron chi connectivity index (χ4n) is 4.45. The Labute approximate surface area is 262 Å². The average Bonchev–Trinajstić information content (AvgIpc) is 3.44. The molecule has 0 atom stereocenters. The smallest absolute Gasteiger partial charge is 0.282 e. The van der Waals surface area contributed by atoms with Crippen molar-refractivity contribution >= 4 is 67.2 Å². The van der Waals surface area contributed by atoms with E-state index in [0.717, 1.165) is 10.1 Å². The van der Waals surface area contributed by atoms with Crippen LogP contribution in [0, 0.1) is 5.82 Å². The Bertz CT molecular complexity index is 2150. The van der Waals surface area contributed by atoms with E-state index >= 15 is 0 Å². The number of nitrogens with one attached hydrogen (secondary N) is 1. The van der Waals surface area contributed by atoms with Crippen molar-refractivity contribution in [1.82, 2.24) is 9.66 Å². The lowest BCUT2D eigenvalue weighted by Gasteiger charge is -2.13. The topological polar surface area (TPSA) is 108 Å². The lowest BCUT2D eigenvalue weighted by Crippen LogP contribution is -2.21. The summed E-state index contributed by atoms with van der Waals surface area (Å²) >= 11 is 9.65. The minimum atomic E-state index is -0.557. The first-order chi connectivity index (χ1) is 21.3. The molecule has 6 aromatic rings. The van der Waals surface area contributed by atoms with E-state index in [-0.39, 0.29) is 17.3 Å². The molecule has 0 saturated heterocycles. The van der Waals surface area contributed by atoms with Gasteiger partial charge in [-0.3, -0.25) is 9.59 Å². The van der Waals surface area contributed by atoms with E-state index in [2.05, 4.69) is 31.3 Å². The van der Waals surface area contributed by atoms with Crippen molar-refractivity contribution in [2.24, 2.45) is 5.10 Å². The Kier molecular flexibility index (Phi) is 8.14. The molecule has 6 rings (SSSR count). The molecule has 9 nitrogen and oxygen atoms in total. The number of furan rings is 1. The number of ether oxygens (including phenoxy) is 2. The standard InChI is InChI=1S/C32H21BrClFN4O5/c1-42-27-14-19(22(33)15-28(27)43-17-30(40)37-25-9-5-3-7-23(25)35)16-36-39-31(38-24-8-4-2-6-21(24)32(39)41)29-13-18-12-20(34)10-11-26(18)44-29/h2-16H,17H2,1H3,(H,37,40). The van der Waals surface area contributed by atoms with Crippen LogP contribution in [0.1, 0.15) is 5.56 Å². The summed E-state index contributed by atoms with van der Waals surface area (Å²) in [5.74, 6) is -0.0310. The van der Waals surface area contributed by atoms with Crippen molar-refractivity contribution in [2.75, 3.05) is 19.0 Å². The molecule has 0 bridgehead atoms. The fraction of sp³-hybridized carbons (Fsp3) is 0.0625. The molecule has 1 amide bonds. The quantitative estimate of drug-likeness (QED) is 0.170. The molecule has 0 fully saturated rings. The number of hydrogen-bond acceptors (Lipinski definition) is 7. The molecule has 12 heteroatoms. The lowest BCUT2D eigenvalue weighted by molar-refractivity contribution is -0.118. The molecule has 0 radical (unpaired) electrons. The van der Waals surface area contributed by atoms with Gasteiger partial charge in [0.2, 0.25) is 5.82 Å². The molecule has 0 aliphatic rings. The van der Waals surface area contributed by atoms with Crippen LogP contribution >= 0.6 is 27.5 Å². The Morgan fingerprint density at radius 3 is 2.70 bits per heavy atom. The van der Waals surface area contributed by atoms with E-state index < -0.39 is 23.9 Å². The van der Waals surface area contributed by atoms with Gasteiger partial charge in [0.1, 0.15) is 11.4 Å². The fourth-order valence-corrected chi connectivity index (χ4v) is 5.05. The Morgan fingerprint density at radius 1 is 1.09 bits per heavy atom. The summed E-state index contributed by atoms with van der Waals surface area (Å²) in [5, 5.41) is 8.62. The maximum Gasteiger partial charge on any atom is 0.282 e. The zero-order valence-corrected chi connectivity index (χ0v) is 25.2. The first-order valence-electron chi connectivity index (χ1n) is 13.1. The van der Waals surface area contributed by atoms with Gasteiger partial charge in [0, 0.05) is 20.4 Å². The van der Waals surface area contributed by atoms with Gasteiger partial charge in [-0.25, -0.2) is 9.37 Å². The molecular weight excluding hydrogens is 655 g/mol. The van der Waals surface area contributed by atoms with E-state index in [1.807, 2.05) is 0 Å². The number of hydrogen-bond donors (Lipinski definition) is 1. The monoisotopic (exact) mass is 674 g/mol. The van der Waals surface area contributed by atoms with Gasteiger partial charge in [0.25, 0.3) is 11.5 Å². The molecule has 1 N–H and O–H groups in total. The van der Waals surface area contributed by atoms with Gasteiger partial charge in [-0.15, -0.1) is 0 Å². The Hall–Kier alpha value is -5.00. The van der Waals surface area contributed by atoms with Gasteiger partial charge >= 0.3 is 0 Å². The van der Waals surface area contributed by atoms with Crippen molar-refractivity contribution in [3.8, 4) is 23.1 Å². The van der Waals surface area contributed by atoms with Crippen molar-refractivity contribution in [2.45, 2.75) is 0 Å². The van der Waals surface area contributed by atoms with Gasteiger partial charge < -0.3 is 19.2 Å². The van der Waals surface area contributed by atoms with Crippen LogP contribution in [0.15, 0.2) is 104 Å². The van der Waals surface area contributed by atoms with Gasteiger partial charge in [0.05, 0.1) is 29.9 Å². The highest BCUT2D eigenvalue weighted by atomic mass is 79.9. The van der Waals surface area contributed by atoms with Crippen molar-refractivity contribution in [3.63, 3.8) is 0 Å². The van der Waals surface area contributed by atoms with Crippen LogP contribution in [-0.4, -0.2) is 35.5 Å². The van der Waals surface area contributed by atoms with Crippen LogP contribution in [0.5, 0.6) is 11.5 Å². The average molecular weight is 676 g/mol. The molecule has 220 valence electrons. The third-order valence-electron chi connectivity index (χ3n) is 6.55. The number of amides is 1. The van der Waals surface area contributed by atoms with Gasteiger partial charge in [0.15, 0.2) is 23.9 Å². The summed E-state index contributed by atoms with van der Waals surface area (Å²) in [5.41, 5.74) is 1.25. The maximum atomic E-state index is 13.9. The zero-order valence-electron chi connectivity index (χ0n) is 22.9. The number of carbonyl (C=O) groups excluding carboxylic acids is 1. The third kappa shape index (κ3) is 5.92. The summed E-state index contributed by atoms with van der Waals surface area (Å²) in [7, 11) is 1.44. The number of fused-ring (bicyclic) bond motifs is 2. The molecule has 2 heterocycles. The Balaban J connectivity index is 1.32. The second-order valence-electron chi connectivity index (χ2n) is 9.45. The van der Waals surface area contributed by atoms with E-state index in [0.29, 0.717) is 43.1 Å². The van der Waals surface area contributed by atoms with Gasteiger partial charge in [-0.05, 0) is 76.6 Å². The molecule has 0 unspecified atom stereocenters. The predicted octanol–water partition coefficient (Wildman–Crippen LogP) is 7.27. The third-order valence-corrected chi connectivity index (χ3v) is 7.48. The maximum absolute atomic E-state index is 13.9. The van der Waals surface area contributed by atoms with Crippen LogP contribution in [0.4, 0.5) is 10.1 Å².